The third-order valence-electron chi connectivity index (χ3n) is 6.31. The van der Waals surface area contributed by atoms with Gasteiger partial charge in [0.15, 0.2) is 0 Å². The minimum Gasteiger partial charge on any atom is -0.292 e. The Bertz CT molecular complexity index is 1840. The molecule has 0 N–H and O–H groups in total. The Kier molecular flexibility index (Phi) is 3.30. The largest absolute Gasteiger partial charge is 0.292 e. The lowest BCUT2D eigenvalue weighted by Gasteiger charge is -2.06. The van der Waals surface area contributed by atoms with E-state index in [1.165, 1.54) is 32.3 Å². The van der Waals surface area contributed by atoms with Crippen LogP contribution >= 0.6 is 0 Å². The zero-order valence-corrected chi connectivity index (χ0v) is 16.8. The Balaban J connectivity index is 1.88. The minimum atomic E-state index is 0.969. The molecule has 2 aromatic heterocycles. The molecule has 2 heteroatoms. The SMILES string of the molecule is c1cc2cc(c1)c1nc3ccccc3n1c1cccc(c1)c1ccc3cccc2c3c1. The second kappa shape index (κ2) is 6.16. The molecule has 0 aliphatic heterocycles. The van der Waals surface area contributed by atoms with Crippen LogP contribution in [-0.4, -0.2) is 9.38 Å². The van der Waals surface area contributed by atoms with E-state index in [9.17, 15) is 0 Å². The van der Waals surface area contributed by atoms with Crippen LogP contribution in [-0.2, 0) is 0 Å². The van der Waals surface area contributed by atoms with Crippen LogP contribution in [0.1, 0.15) is 0 Å². The normalized spacial score (nSPS) is 11.9. The Morgan fingerprint density at radius 2 is 1.23 bits per heavy atom. The predicted molar refractivity (Wildman–Crippen MR) is 132 cm³/mol. The maximum atomic E-state index is 5.05. The average Bonchev–Trinajstić information content (AvgIpc) is 3.23. The molecular weight excluding hydrogens is 376 g/mol. The summed E-state index contributed by atoms with van der Waals surface area (Å²) in [6.07, 6.45) is 0. The van der Waals surface area contributed by atoms with Gasteiger partial charge in [0.05, 0.1) is 11.0 Å². The van der Waals surface area contributed by atoms with Crippen LogP contribution in [0.25, 0.3) is 59.9 Å². The molecule has 0 aliphatic carbocycles. The van der Waals surface area contributed by atoms with Crippen LogP contribution in [0, 0.1) is 0 Å². The predicted octanol–water partition coefficient (Wildman–Crippen LogP) is 7.66. The molecule has 0 spiro atoms. The van der Waals surface area contributed by atoms with Gasteiger partial charge < -0.3 is 0 Å². The standard InChI is InChI=1S/C29H18N2/c1-2-13-28-27(12-1)30-29-23-9-3-8-22(16-23)25-11-5-6-19-14-15-21(18-26(19)25)20-7-4-10-24(17-20)31(28)29/h1-18H. The summed E-state index contributed by atoms with van der Waals surface area (Å²) in [6.45, 7) is 0. The van der Waals surface area contributed by atoms with E-state index in [-0.39, 0.29) is 0 Å². The first-order chi connectivity index (χ1) is 15.3. The molecule has 7 aromatic rings. The van der Waals surface area contributed by atoms with Gasteiger partial charge in [-0.15, -0.1) is 0 Å². The first kappa shape index (κ1) is 16.6. The summed E-state index contributed by atoms with van der Waals surface area (Å²) in [4.78, 5) is 5.05. The lowest BCUT2D eigenvalue weighted by atomic mass is 10.0. The van der Waals surface area contributed by atoms with Gasteiger partial charge in [-0.25, -0.2) is 4.98 Å². The highest BCUT2D eigenvalue weighted by Gasteiger charge is 2.07. The number of aromatic nitrogens is 2. The molecule has 144 valence electrons. The van der Waals surface area contributed by atoms with Crippen molar-refractivity contribution in [3.8, 4) is 0 Å². The van der Waals surface area contributed by atoms with Crippen molar-refractivity contribution in [3.63, 3.8) is 0 Å². The van der Waals surface area contributed by atoms with Crippen molar-refractivity contribution in [2.24, 2.45) is 0 Å². The van der Waals surface area contributed by atoms with Crippen molar-refractivity contribution in [1.29, 1.82) is 0 Å². The number of imidazole rings is 1. The van der Waals surface area contributed by atoms with Gasteiger partial charge in [-0.1, -0.05) is 72.8 Å². The lowest BCUT2D eigenvalue weighted by molar-refractivity contribution is 1.31. The van der Waals surface area contributed by atoms with E-state index in [4.69, 9.17) is 4.98 Å². The molecule has 0 saturated carbocycles. The molecule has 31 heavy (non-hydrogen) atoms. The third-order valence-corrected chi connectivity index (χ3v) is 6.31. The summed E-state index contributed by atoms with van der Waals surface area (Å²) in [5.74, 6) is 0. The Hall–Kier alpha value is -4.17. The summed E-state index contributed by atoms with van der Waals surface area (Å²) in [5.41, 5.74) is 4.22. The van der Waals surface area contributed by atoms with Gasteiger partial charge >= 0.3 is 0 Å². The van der Waals surface area contributed by atoms with Gasteiger partial charge in [0.2, 0.25) is 0 Å². The highest BCUT2D eigenvalue weighted by atomic mass is 15.0. The summed E-state index contributed by atoms with van der Waals surface area (Å²) in [7, 11) is 0. The van der Waals surface area contributed by atoms with Crippen molar-refractivity contribution in [3.05, 3.63) is 109 Å². The summed E-state index contributed by atoms with van der Waals surface area (Å²) < 4.78 is 2.28. The fraction of sp³-hybridized carbons (Fsp3) is 0. The Morgan fingerprint density at radius 1 is 0.484 bits per heavy atom. The molecule has 7 rings (SSSR count). The van der Waals surface area contributed by atoms with Crippen molar-refractivity contribution in [1.82, 2.24) is 9.38 Å². The molecule has 6 bridgehead atoms. The highest BCUT2D eigenvalue weighted by Crippen LogP contribution is 2.29. The zero-order valence-electron chi connectivity index (χ0n) is 16.8. The van der Waals surface area contributed by atoms with E-state index in [0.717, 1.165) is 27.6 Å². The van der Waals surface area contributed by atoms with E-state index in [2.05, 4.69) is 114 Å². The number of hydrogen-bond acceptors (Lipinski definition) is 1. The second-order valence-corrected chi connectivity index (χ2v) is 8.13. The topological polar surface area (TPSA) is 17.3 Å². The number of para-hydroxylation sites is 2. The molecule has 2 heterocycles. The molecule has 5 aromatic carbocycles. The van der Waals surface area contributed by atoms with E-state index in [0.29, 0.717) is 0 Å². The van der Waals surface area contributed by atoms with Crippen LogP contribution < -0.4 is 0 Å². The van der Waals surface area contributed by atoms with Crippen molar-refractivity contribution in [2.45, 2.75) is 0 Å². The highest BCUT2D eigenvalue weighted by molar-refractivity contribution is 6.10. The van der Waals surface area contributed by atoms with Gasteiger partial charge in [-0.2, -0.15) is 0 Å². The number of rotatable bonds is 0. The summed E-state index contributed by atoms with van der Waals surface area (Å²) >= 11 is 0. The molecule has 0 fully saturated rings. The zero-order chi connectivity index (χ0) is 20.4. The molecule has 2 nitrogen and oxygen atoms in total. The fourth-order valence-corrected chi connectivity index (χ4v) is 4.84. The Labute approximate surface area is 178 Å². The van der Waals surface area contributed by atoms with Crippen molar-refractivity contribution < 1.29 is 0 Å². The monoisotopic (exact) mass is 394 g/mol. The number of fused-ring (bicyclic) bond motifs is 12. The van der Waals surface area contributed by atoms with Crippen LogP contribution in [0.15, 0.2) is 109 Å². The molecule has 0 unspecified atom stereocenters. The second-order valence-electron chi connectivity index (χ2n) is 8.13. The summed E-state index contributed by atoms with van der Waals surface area (Å²) in [5, 5.41) is 8.55. The van der Waals surface area contributed by atoms with Crippen LogP contribution in [0.2, 0.25) is 0 Å². The third kappa shape index (κ3) is 2.42. The average molecular weight is 394 g/mol. The summed E-state index contributed by atoms with van der Waals surface area (Å²) in [6, 6.07) is 39.2. The van der Waals surface area contributed by atoms with Crippen LogP contribution in [0.3, 0.4) is 0 Å². The molecule has 0 atom stereocenters. The smallest absolute Gasteiger partial charge is 0.145 e. The number of benzene rings is 5. The molecular formula is C29H18N2. The minimum absolute atomic E-state index is 0.969. The Morgan fingerprint density at radius 3 is 2.23 bits per heavy atom. The van der Waals surface area contributed by atoms with Gasteiger partial charge in [0.25, 0.3) is 0 Å². The van der Waals surface area contributed by atoms with Crippen LogP contribution in [0.5, 0.6) is 0 Å². The van der Waals surface area contributed by atoms with Gasteiger partial charge in [0.1, 0.15) is 5.65 Å². The maximum Gasteiger partial charge on any atom is 0.145 e. The van der Waals surface area contributed by atoms with Crippen LogP contribution in [0.4, 0.5) is 0 Å². The maximum absolute atomic E-state index is 5.05. The van der Waals surface area contributed by atoms with E-state index in [1.54, 1.807) is 0 Å². The number of nitrogens with zero attached hydrogens (tertiary/aromatic N) is 2. The molecule has 0 aliphatic rings. The van der Waals surface area contributed by atoms with E-state index >= 15 is 0 Å². The van der Waals surface area contributed by atoms with E-state index < -0.39 is 0 Å². The molecule has 0 radical (unpaired) electrons. The molecule has 0 amide bonds. The first-order valence-corrected chi connectivity index (χ1v) is 10.6. The van der Waals surface area contributed by atoms with Gasteiger partial charge in [-0.3, -0.25) is 4.40 Å². The molecule has 0 saturated heterocycles. The lowest BCUT2D eigenvalue weighted by Crippen LogP contribution is -1.86. The van der Waals surface area contributed by atoms with E-state index in [1.807, 2.05) is 0 Å². The fourth-order valence-electron chi connectivity index (χ4n) is 4.84. The van der Waals surface area contributed by atoms with Crippen molar-refractivity contribution >= 4 is 59.9 Å². The van der Waals surface area contributed by atoms with Crippen molar-refractivity contribution in [2.75, 3.05) is 0 Å². The first-order valence-electron chi connectivity index (χ1n) is 10.6. The quantitative estimate of drug-likeness (QED) is 0.258. The van der Waals surface area contributed by atoms with Gasteiger partial charge in [0, 0.05) is 10.9 Å². The van der Waals surface area contributed by atoms with Gasteiger partial charge in [-0.05, 0) is 68.7 Å². The number of hydrogen-bond donors (Lipinski definition) is 0.